The van der Waals surface area contributed by atoms with Crippen LogP contribution in [0.4, 0.5) is 0 Å². The van der Waals surface area contributed by atoms with E-state index in [0.717, 1.165) is 24.1 Å². The van der Waals surface area contributed by atoms with Crippen LogP contribution < -0.4 is 25.4 Å². The van der Waals surface area contributed by atoms with Crippen molar-refractivity contribution in [3.8, 4) is 17.2 Å². The fraction of sp³-hybridized carbons (Fsp3) is 0.429. The molecule has 1 aromatic rings. The summed E-state index contributed by atoms with van der Waals surface area (Å²) in [5.74, 6) is 7.16. The quantitative estimate of drug-likeness (QED) is 0.357. The van der Waals surface area contributed by atoms with E-state index in [0.29, 0.717) is 22.4 Å². The van der Waals surface area contributed by atoms with Gasteiger partial charge >= 0.3 is 0 Å². The molecule has 0 radical (unpaired) electrons. The van der Waals surface area contributed by atoms with Gasteiger partial charge in [0.15, 0.2) is 16.6 Å². The molecule has 22 heavy (non-hydrogen) atoms. The summed E-state index contributed by atoms with van der Waals surface area (Å²) < 4.78 is 16.4. The minimum Gasteiger partial charge on any atom is -0.492 e. The van der Waals surface area contributed by atoms with Gasteiger partial charge in [-0.2, -0.15) is 5.10 Å². The molecule has 0 aromatic heterocycles. The summed E-state index contributed by atoms with van der Waals surface area (Å²) in [7, 11) is 5.31. The van der Waals surface area contributed by atoms with Crippen molar-refractivity contribution in [1.29, 1.82) is 0 Å². The van der Waals surface area contributed by atoms with E-state index >= 15 is 0 Å². The molecule has 0 aliphatic carbocycles. The van der Waals surface area contributed by atoms with Crippen LogP contribution in [-0.4, -0.2) is 50.8 Å². The van der Waals surface area contributed by atoms with Crippen molar-refractivity contribution in [2.24, 2.45) is 10.9 Å². The van der Waals surface area contributed by atoms with Gasteiger partial charge in [-0.3, -0.25) is 0 Å². The molecular formula is C14H20N4O3S. The number of nitrogens with one attached hydrogen (secondary N) is 1. The number of thiocarbonyl (C=S) groups is 1. The number of nitrogens with zero attached hydrogens (tertiary/aromatic N) is 2. The predicted molar refractivity (Wildman–Crippen MR) is 88.9 cm³/mol. The third-order valence-corrected chi connectivity index (χ3v) is 3.94. The van der Waals surface area contributed by atoms with Gasteiger partial charge in [-0.1, -0.05) is 0 Å². The molecule has 0 amide bonds. The van der Waals surface area contributed by atoms with Gasteiger partial charge in [-0.15, -0.1) is 0 Å². The van der Waals surface area contributed by atoms with Crippen LogP contribution in [0.25, 0.3) is 0 Å². The van der Waals surface area contributed by atoms with Gasteiger partial charge in [0, 0.05) is 26.2 Å². The monoisotopic (exact) mass is 324 g/mol. The first kappa shape index (κ1) is 16.2. The van der Waals surface area contributed by atoms with E-state index in [-0.39, 0.29) is 6.79 Å². The molecule has 0 atom stereocenters. The maximum absolute atomic E-state index is 5.46. The average Bonchev–Trinajstić information content (AvgIpc) is 2.99. The van der Waals surface area contributed by atoms with E-state index < -0.39 is 0 Å². The number of hydrogen-bond donors (Lipinski definition) is 2. The first-order valence-corrected chi connectivity index (χ1v) is 7.18. The standard InChI is InChI=1S/C14H20N4O3S/c1-16-14(22)18(2)5-4-9-6-11-13(21-8-20-11)12(19-3)10(9)7-17-15/h6-7H,4-5,8,15H2,1-3H3,(H,16,22)/b17-7+. The van der Waals surface area contributed by atoms with Crippen molar-refractivity contribution in [2.75, 3.05) is 34.5 Å². The molecule has 7 nitrogen and oxygen atoms in total. The lowest BCUT2D eigenvalue weighted by atomic mass is 10.0. The highest BCUT2D eigenvalue weighted by molar-refractivity contribution is 7.80. The number of hydrazone groups is 1. The van der Waals surface area contributed by atoms with Crippen LogP contribution in [0.2, 0.25) is 0 Å². The lowest BCUT2D eigenvalue weighted by Gasteiger charge is -2.20. The number of hydrogen-bond acceptors (Lipinski definition) is 6. The summed E-state index contributed by atoms with van der Waals surface area (Å²) in [6.45, 7) is 0.909. The normalized spacial score (nSPS) is 12.5. The zero-order valence-corrected chi connectivity index (χ0v) is 13.7. The molecule has 2 rings (SSSR count). The number of ether oxygens (including phenoxy) is 3. The Balaban J connectivity index is 2.32. The number of methoxy groups -OCH3 is 1. The molecule has 0 fully saturated rings. The number of likely N-dealkylation sites (N-methyl/N-ethyl adjacent to an activating group) is 1. The van der Waals surface area contributed by atoms with Crippen LogP contribution in [0.15, 0.2) is 11.2 Å². The highest BCUT2D eigenvalue weighted by Gasteiger charge is 2.24. The zero-order chi connectivity index (χ0) is 16.1. The molecule has 8 heteroatoms. The lowest BCUT2D eigenvalue weighted by molar-refractivity contribution is 0.171. The predicted octanol–water partition coefficient (Wildman–Crippen LogP) is 0.695. The largest absolute Gasteiger partial charge is 0.492 e. The Morgan fingerprint density at radius 3 is 3.00 bits per heavy atom. The Morgan fingerprint density at radius 2 is 2.36 bits per heavy atom. The highest BCUT2D eigenvalue weighted by Crippen LogP contribution is 2.44. The molecule has 0 spiro atoms. The van der Waals surface area contributed by atoms with Crippen molar-refractivity contribution in [1.82, 2.24) is 10.2 Å². The molecule has 0 bridgehead atoms. The molecule has 0 saturated carbocycles. The second kappa shape index (κ2) is 7.17. The number of rotatable bonds is 5. The van der Waals surface area contributed by atoms with Crippen LogP contribution in [0.5, 0.6) is 17.2 Å². The first-order valence-electron chi connectivity index (χ1n) is 6.78. The van der Waals surface area contributed by atoms with E-state index in [2.05, 4.69) is 10.4 Å². The van der Waals surface area contributed by atoms with Crippen molar-refractivity contribution in [3.63, 3.8) is 0 Å². The van der Waals surface area contributed by atoms with E-state index in [1.54, 1.807) is 20.4 Å². The van der Waals surface area contributed by atoms with Crippen LogP contribution in [0, 0.1) is 0 Å². The maximum atomic E-state index is 5.46. The van der Waals surface area contributed by atoms with E-state index in [9.17, 15) is 0 Å². The first-order chi connectivity index (χ1) is 10.6. The topological polar surface area (TPSA) is 81.3 Å². The molecule has 1 aromatic carbocycles. The molecule has 1 aliphatic heterocycles. The smallest absolute Gasteiger partial charge is 0.231 e. The summed E-state index contributed by atoms with van der Waals surface area (Å²) in [6.07, 6.45) is 2.29. The average molecular weight is 324 g/mol. The number of fused-ring (bicyclic) bond motifs is 1. The Kier molecular flexibility index (Phi) is 5.26. The Morgan fingerprint density at radius 1 is 1.59 bits per heavy atom. The van der Waals surface area contributed by atoms with Crippen LogP contribution in [0.3, 0.4) is 0 Å². The zero-order valence-electron chi connectivity index (χ0n) is 12.9. The van der Waals surface area contributed by atoms with Gasteiger partial charge in [0.1, 0.15) is 0 Å². The number of benzene rings is 1. The van der Waals surface area contributed by atoms with Gasteiger partial charge in [-0.25, -0.2) is 0 Å². The van der Waals surface area contributed by atoms with E-state index in [1.807, 2.05) is 18.0 Å². The summed E-state index contributed by atoms with van der Waals surface area (Å²) >= 11 is 5.20. The minimum atomic E-state index is 0.179. The molecule has 0 saturated heterocycles. The molecule has 3 N–H and O–H groups in total. The Bertz CT molecular complexity index is 592. The molecule has 1 heterocycles. The summed E-state index contributed by atoms with van der Waals surface area (Å²) in [4.78, 5) is 1.95. The molecule has 1 aliphatic rings. The second-order valence-electron chi connectivity index (χ2n) is 4.72. The maximum Gasteiger partial charge on any atom is 0.231 e. The second-order valence-corrected chi connectivity index (χ2v) is 5.11. The van der Waals surface area contributed by atoms with Crippen molar-refractivity contribution in [2.45, 2.75) is 6.42 Å². The van der Waals surface area contributed by atoms with Crippen molar-refractivity contribution >= 4 is 23.5 Å². The SMILES string of the molecule is CNC(=S)N(C)CCc1cc2c(c(OC)c1/C=N/N)OCO2. The number of nitrogens with two attached hydrogens (primary N) is 1. The van der Waals surface area contributed by atoms with Gasteiger partial charge < -0.3 is 30.3 Å². The Hall–Kier alpha value is -2.22. The summed E-state index contributed by atoms with van der Waals surface area (Å²) in [5, 5.41) is 7.25. The third-order valence-electron chi connectivity index (χ3n) is 3.43. The molecule has 120 valence electrons. The lowest BCUT2D eigenvalue weighted by Crippen LogP contribution is -2.36. The van der Waals surface area contributed by atoms with Gasteiger partial charge in [0.2, 0.25) is 12.5 Å². The Labute approximate surface area is 135 Å². The molecular weight excluding hydrogens is 304 g/mol. The van der Waals surface area contributed by atoms with Crippen molar-refractivity contribution < 1.29 is 14.2 Å². The van der Waals surface area contributed by atoms with Crippen LogP contribution >= 0.6 is 12.2 Å². The third kappa shape index (κ3) is 3.16. The van der Waals surface area contributed by atoms with Crippen molar-refractivity contribution in [3.05, 3.63) is 17.2 Å². The summed E-state index contributed by atoms with van der Waals surface area (Å²) in [5.41, 5.74) is 1.79. The highest BCUT2D eigenvalue weighted by atomic mass is 32.1. The minimum absolute atomic E-state index is 0.179. The fourth-order valence-electron chi connectivity index (χ4n) is 2.28. The van der Waals surface area contributed by atoms with Gasteiger partial charge in [0.05, 0.1) is 13.3 Å². The van der Waals surface area contributed by atoms with Crippen LogP contribution in [-0.2, 0) is 6.42 Å². The van der Waals surface area contributed by atoms with E-state index in [4.69, 9.17) is 32.3 Å². The van der Waals surface area contributed by atoms with Gasteiger partial charge in [0.25, 0.3) is 0 Å². The van der Waals surface area contributed by atoms with Gasteiger partial charge in [-0.05, 0) is 30.3 Å². The van der Waals surface area contributed by atoms with E-state index in [1.165, 1.54) is 0 Å². The molecule has 0 unspecified atom stereocenters. The van der Waals surface area contributed by atoms with Crippen LogP contribution in [0.1, 0.15) is 11.1 Å². The fourth-order valence-corrected chi connectivity index (χ4v) is 2.37. The summed E-state index contributed by atoms with van der Waals surface area (Å²) in [6, 6.07) is 1.93.